The van der Waals surface area contributed by atoms with E-state index in [1.807, 2.05) is 36.0 Å². The molecular formula is C23H30F3N7O. The molecule has 0 unspecified atom stereocenters. The Morgan fingerprint density at radius 1 is 1.18 bits per heavy atom. The molecule has 2 N–H and O–H groups in total. The Bertz CT molecular complexity index is 985. The normalized spacial score (nSPS) is 25.2. The Balaban J connectivity index is 1.10. The first kappa shape index (κ1) is 22.9. The molecule has 2 amide bonds. The highest BCUT2D eigenvalue weighted by molar-refractivity contribution is 5.76. The number of hydrogen-bond donors (Lipinski definition) is 2. The number of H-pyrrole nitrogens is 1. The van der Waals surface area contributed by atoms with E-state index in [9.17, 15) is 18.0 Å². The van der Waals surface area contributed by atoms with E-state index in [1.54, 1.807) is 0 Å². The molecule has 11 heteroatoms. The van der Waals surface area contributed by atoms with Crippen LogP contribution in [-0.4, -0.2) is 75.1 Å². The van der Waals surface area contributed by atoms with E-state index in [-0.39, 0.29) is 30.1 Å². The van der Waals surface area contributed by atoms with Gasteiger partial charge in [0.05, 0.1) is 5.56 Å². The second kappa shape index (κ2) is 8.44. The third kappa shape index (κ3) is 4.45. The van der Waals surface area contributed by atoms with Gasteiger partial charge in [-0.25, -0.2) is 14.8 Å². The number of aromatic amines is 1. The molecule has 0 bridgehead atoms. The van der Waals surface area contributed by atoms with E-state index in [0.29, 0.717) is 18.5 Å². The van der Waals surface area contributed by atoms with Crippen molar-refractivity contribution >= 4 is 12.0 Å². The number of anilines is 1. The number of nitrogens with zero attached hydrogens (tertiary/aromatic N) is 5. The molecule has 1 saturated carbocycles. The van der Waals surface area contributed by atoms with Crippen molar-refractivity contribution in [1.29, 1.82) is 0 Å². The average Bonchev–Trinajstić information content (AvgIpc) is 3.22. The van der Waals surface area contributed by atoms with Crippen molar-refractivity contribution in [3.05, 3.63) is 42.0 Å². The molecule has 1 aliphatic carbocycles. The SMILES string of the molecule is C[C@@H]1CN(c2ncc(C(F)(F)F)cn2)C[C@H](C)N1C(=O)NC1CC2(C1)CN(Cc1cc[nH]c1)C2. The van der Waals surface area contributed by atoms with Crippen molar-refractivity contribution in [3.63, 3.8) is 0 Å². The highest BCUT2D eigenvalue weighted by Gasteiger charge is 2.52. The molecular weight excluding hydrogens is 447 g/mol. The molecule has 2 saturated heterocycles. The maximum absolute atomic E-state index is 13.0. The number of urea groups is 1. The summed E-state index contributed by atoms with van der Waals surface area (Å²) < 4.78 is 38.4. The molecule has 1 spiro atoms. The third-order valence-corrected chi connectivity index (χ3v) is 7.27. The highest BCUT2D eigenvalue weighted by Crippen LogP contribution is 2.48. The molecule has 5 rings (SSSR count). The topological polar surface area (TPSA) is 80.4 Å². The van der Waals surface area contributed by atoms with Gasteiger partial charge >= 0.3 is 12.2 Å². The number of aromatic nitrogens is 3. The van der Waals surface area contributed by atoms with Gasteiger partial charge in [0.25, 0.3) is 0 Å². The Morgan fingerprint density at radius 3 is 2.38 bits per heavy atom. The number of alkyl halides is 3. The Morgan fingerprint density at radius 2 is 1.82 bits per heavy atom. The fourth-order valence-electron chi connectivity index (χ4n) is 5.84. The molecule has 0 aromatic carbocycles. The molecule has 2 aromatic rings. The highest BCUT2D eigenvalue weighted by atomic mass is 19.4. The minimum atomic E-state index is -4.46. The van der Waals surface area contributed by atoms with Crippen LogP contribution in [0.25, 0.3) is 0 Å². The zero-order valence-corrected chi connectivity index (χ0v) is 19.3. The lowest BCUT2D eigenvalue weighted by Gasteiger charge is -2.59. The van der Waals surface area contributed by atoms with Crippen molar-refractivity contribution in [3.8, 4) is 0 Å². The largest absolute Gasteiger partial charge is 0.419 e. The summed E-state index contributed by atoms with van der Waals surface area (Å²) in [7, 11) is 0. The van der Waals surface area contributed by atoms with Crippen LogP contribution in [0.2, 0.25) is 0 Å². The van der Waals surface area contributed by atoms with Crippen molar-refractivity contribution in [1.82, 2.24) is 30.1 Å². The standard InChI is InChI=1S/C23H30F3N7O/c1-15-10-32(20-28-8-18(9-29-20)23(24,25)26)11-16(2)33(15)21(34)30-19-5-22(6-19)13-31(14-22)12-17-3-4-27-7-17/h3-4,7-9,15-16,19,27H,5-6,10-14H2,1-2H3,(H,30,34)/t15-,16+. The number of carbonyl (C=O) groups excluding carboxylic acids is 1. The van der Waals surface area contributed by atoms with E-state index in [0.717, 1.165) is 44.9 Å². The van der Waals surface area contributed by atoms with Gasteiger partial charge in [-0.15, -0.1) is 0 Å². The van der Waals surface area contributed by atoms with Crippen LogP contribution >= 0.6 is 0 Å². The molecule has 2 atom stereocenters. The van der Waals surface area contributed by atoms with Crippen molar-refractivity contribution in [2.24, 2.45) is 5.41 Å². The number of halogens is 3. The quantitative estimate of drug-likeness (QED) is 0.708. The number of piperazine rings is 1. The summed E-state index contributed by atoms with van der Waals surface area (Å²) in [5.41, 5.74) is 0.764. The lowest BCUT2D eigenvalue weighted by atomic mass is 9.60. The lowest BCUT2D eigenvalue weighted by Crippen LogP contribution is -2.68. The van der Waals surface area contributed by atoms with Crippen molar-refractivity contribution in [2.45, 2.75) is 57.5 Å². The molecule has 34 heavy (non-hydrogen) atoms. The van der Waals surface area contributed by atoms with E-state index in [4.69, 9.17) is 0 Å². The minimum Gasteiger partial charge on any atom is -0.367 e. The van der Waals surface area contributed by atoms with Crippen LogP contribution in [0.15, 0.2) is 30.9 Å². The fourth-order valence-corrected chi connectivity index (χ4v) is 5.84. The zero-order valence-electron chi connectivity index (χ0n) is 19.3. The van der Waals surface area contributed by atoms with Crippen molar-refractivity contribution in [2.75, 3.05) is 31.1 Å². The Labute approximate surface area is 196 Å². The van der Waals surface area contributed by atoms with Crippen LogP contribution in [0.1, 0.15) is 37.8 Å². The zero-order chi connectivity index (χ0) is 24.1. The first-order valence-corrected chi connectivity index (χ1v) is 11.7. The van der Waals surface area contributed by atoms with Gasteiger partial charge in [-0.1, -0.05) is 0 Å². The summed E-state index contributed by atoms with van der Waals surface area (Å²) in [6, 6.07) is 1.97. The van der Waals surface area contributed by atoms with Gasteiger partial charge in [0.2, 0.25) is 5.95 Å². The van der Waals surface area contributed by atoms with Crippen LogP contribution < -0.4 is 10.2 Å². The molecule has 3 fully saturated rings. The summed E-state index contributed by atoms with van der Waals surface area (Å²) >= 11 is 0. The Kier molecular flexibility index (Phi) is 5.70. The Hall–Kier alpha value is -2.82. The molecule has 2 aromatic heterocycles. The van der Waals surface area contributed by atoms with E-state index in [2.05, 4.69) is 31.2 Å². The molecule has 0 radical (unpaired) electrons. The number of nitrogens with one attached hydrogen (secondary N) is 2. The van der Waals surface area contributed by atoms with E-state index >= 15 is 0 Å². The van der Waals surface area contributed by atoms with Gasteiger partial charge in [0, 0.05) is 75.6 Å². The van der Waals surface area contributed by atoms with Gasteiger partial charge in [0.1, 0.15) is 0 Å². The second-order valence-electron chi connectivity index (χ2n) is 10.2. The second-order valence-corrected chi connectivity index (χ2v) is 10.2. The number of carbonyl (C=O) groups is 1. The number of likely N-dealkylation sites (tertiary alicyclic amines) is 1. The first-order valence-electron chi connectivity index (χ1n) is 11.7. The van der Waals surface area contributed by atoms with Gasteiger partial charge in [-0.05, 0) is 43.7 Å². The molecule has 4 heterocycles. The van der Waals surface area contributed by atoms with Crippen LogP contribution in [0.5, 0.6) is 0 Å². The summed E-state index contributed by atoms with van der Waals surface area (Å²) in [6.45, 7) is 7.92. The summed E-state index contributed by atoms with van der Waals surface area (Å²) in [6.07, 6.45) is 3.13. The van der Waals surface area contributed by atoms with Crippen LogP contribution in [0.3, 0.4) is 0 Å². The molecule has 2 aliphatic heterocycles. The minimum absolute atomic E-state index is 0.0728. The summed E-state index contributed by atoms with van der Waals surface area (Å²) in [4.78, 5) is 30.1. The number of amides is 2. The van der Waals surface area contributed by atoms with Gasteiger partial charge in [-0.2, -0.15) is 13.2 Å². The summed E-state index contributed by atoms with van der Waals surface area (Å²) in [5.74, 6) is 0.252. The maximum atomic E-state index is 13.0. The van der Waals surface area contributed by atoms with E-state index < -0.39 is 11.7 Å². The van der Waals surface area contributed by atoms with Gasteiger partial charge < -0.3 is 20.1 Å². The van der Waals surface area contributed by atoms with Gasteiger partial charge in [-0.3, -0.25) is 4.90 Å². The van der Waals surface area contributed by atoms with E-state index in [1.165, 1.54) is 5.56 Å². The molecule has 3 aliphatic rings. The average molecular weight is 478 g/mol. The molecule has 8 nitrogen and oxygen atoms in total. The fraction of sp³-hybridized carbons (Fsp3) is 0.609. The van der Waals surface area contributed by atoms with Crippen LogP contribution in [-0.2, 0) is 12.7 Å². The monoisotopic (exact) mass is 477 g/mol. The number of rotatable bonds is 4. The number of hydrogen-bond acceptors (Lipinski definition) is 5. The lowest BCUT2D eigenvalue weighted by molar-refractivity contribution is -0.138. The third-order valence-electron chi connectivity index (χ3n) is 7.27. The first-order chi connectivity index (χ1) is 16.1. The van der Waals surface area contributed by atoms with Crippen LogP contribution in [0.4, 0.5) is 23.9 Å². The predicted octanol–water partition coefficient (Wildman–Crippen LogP) is 3.10. The summed E-state index contributed by atoms with van der Waals surface area (Å²) in [5, 5.41) is 3.20. The van der Waals surface area contributed by atoms with Crippen LogP contribution in [0, 0.1) is 5.41 Å². The smallest absolute Gasteiger partial charge is 0.367 e. The van der Waals surface area contributed by atoms with Crippen molar-refractivity contribution < 1.29 is 18.0 Å². The molecule has 184 valence electrons. The van der Waals surface area contributed by atoms with Gasteiger partial charge in [0.15, 0.2) is 0 Å². The maximum Gasteiger partial charge on any atom is 0.419 e. The predicted molar refractivity (Wildman–Crippen MR) is 120 cm³/mol.